The standard InChI is InChI=1S/C28H30F2N4O4S.C2HF3O2/c29-28(30)16-6-18-34(20-28)19-7-17-31-27(36)32-22-12-14-23(15-13-22)39(37,38)33-25-11-5-4-10-24(25)26(35)21-8-2-1-3-9-21;3-2(4,5)1(6)7/h1-5,8-15,33H,6-7,16-20H2,(H2,31,32,36);(H,6,7). The average Bonchev–Trinajstić information content (AvgIpc) is 2.99. The monoisotopic (exact) mass is 670 g/mol. The molecule has 4 rings (SSSR count). The predicted octanol–water partition coefficient (Wildman–Crippen LogP) is 5.59. The van der Waals surface area contributed by atoms with E-state index in [4.69, 9.17) is 9.90 Å². The fourth-order valence-corrected chi connectivity index (χ4v) is 5.43. The van der Waals surface area contributed by atoms with Gasteiger partial charge in [0, 0.05) is 36.3 Å². The van der Waals surface area contributed by atoms with Gasteiger partial charge in [0.05, 0.1) is 17.1 Å². The molecule has 0 bridgehead atoms. The van der Waals surface area contributed by atoms with Crippen LogP contribution in [0.5, 0.6) is 0 Å². The summed E-state index contributed by atoms with van der Waals surface area (Å²) in [6.45, 7) is 1.15. The molecule has 0 aliphatic carbocycles. The highest BCUT2D eigenvalue weighted by Gasteiger charge is 2.38. The summed E-state index contributed by atoms with van der Waals surface area (Å²) in [5.41, 5.74) is 1.19. The molecule has 0 atom stereocenters. The van der Waals surface area contributed by atoms with Crippen LogP contribution in [0.2, 0.25) is 0 Å². The van der Waals surface area contributed by atoms with Gasteiger partial charge in [-0.2, -0.15) is 13.2 Å². The molecule has 3 aromatic carbocycles. The Morgan fingerprint density at radius 2 is 1.52 bits per heavy atom. The Labute approximate surface area is 261 Å². The van der Waals surface area contributed by atoms with Crippen LogP contribution in [0.25, 0.3) is 0 Å². The number of hydrogen-bond acceptors (Lipinski definition) is 6. The van der Waals surface area contributed by atoms with Gasteiger partial charge in [-0.25, -0.2) is 26.8 Å². The number of carbonyl (C=O) groups is 3. The summed E-state index contributed by atoms with van der Waals surface area (Å²) < 4.78 is 87.2. The number of carbonyl (C=O) groups excluding carboxylic acids is 2. The number of likely N-dealkylation sites (tertiary alicyclic amines) is 1. The highest BCUT2D eigenvalue weighted by atomic mass is 32.2. The highest BCUT2D eigenvalue weighted by Crippen LogP contribution is 2.26. The maximum atomic E-state index is 13.5. The number of piperidine rings is 1. The highest BCUT2D eigenvalue weighted by molar-refractivity contribution is 7.92. The summed E-state index contributed by atoms with van der Waals surface area (Å²) in [5.74, 6) is -5.72. The first-order chi connectivity index (χ1) is 21.6. The summed E-state index contributed by atoms with van der Waals surface area (Å²) >= 11 is 0. The van der Waals surface area contributed by atoms with Crippen molar-refractivity contribution in [2.45, 2.75) is 36.3 Å². The molecule has 1 aliphatic heterocycles. The van der Waals surface area contributed by atoms with Crippen LogP contribution in [-0.2, 0) is 14.8 Å². The normalized spacial score (nSPS) is 14.7. The molecule has 16 heteroatoms. The molecule has 3 aromatic rings. The van der Waals surface area contributed by atoms with Crippen molar-refractivity contribution in [3.05, 3.63) is 90.0 Å². The van der Waals surface area contributed by atoms with Gasteiger partial charge in [-0.05, 0) is 55.8 Å². The Bertz CT molecular complexity index is 1600. The number of anilines is 2. The lowest BCUT2D eigenvalue weighted by Gasteiger charge is -2.32. The van der Waals surface area contributed by atoms with E-state index in [0.717, 1.165) is 0 Å². The molecule has 0 radical (unpaired) electrons. The summed E-state index contributed by atoms with van der Waals surface area (Å²) in [7, 11) is -4.02. The van der Waals surface area contributed by atoms with Crippen LogP contribution >= 0.6 is 0 Å². The summed E-state index contributed by atoms with van der Waals surface area (Å²) in [4.78, 5) is 35.7. The van der Waals surface area contributed by atoms with Crippen molar-refractivity contribution in [2.24, 2.45) is 0 Å². The summed E-state index contributed by atoms with van der Waals surface area (Å²) in [5, 5.41) is 12.4. The SMILES string of the molecule is O=C(NCCCN1CCCC(F)(F)C1)Nc1ccc(S(=O)(=O)Nc2ccccc2C(=O)c2ccccc2)cc1.O=C(O)C(F)(F)F. The molecule has 1 saturated heterocycles. The number of ketones is 1. The van der Waals surface area contributed by atoms with E-state index in [-0.39, 0.29) is 34.9 Å². The van der Waals surface area contributed by atoms with Crippen LogP contribution in [0.3, 0.4) is 0 Å². The Hall–Kier alpha value is -4.57. The molecular formula is C30H31F5N4O6S. The molecule has 0 aromatic heterocycles. The third-order valence-corrected chi connectivity index (χ3v) is 7.91. The number of sulfonamides is 1. The number of nitrogens with one attached hydrogen (secondary N) is 3. The van der Waals surface area contributed by atoms with Gasteiger partial charge in [0.1, 0.15) is 0 Å². The number of carboxylic acids is 1. The number of halogens is 5. The fourth-order valence-electron chi connectivity index (χ4n) is 4.35. The number of urea groups is 1. The number of carboxylic acid groups (broad SMARTS) is 1. The average molecular weight is 671 g/mol. The molecular weight excluding hydrogens is 639 g/mol. The number of para-hydroxylation sites is 1. The van der Waals surface area contributed by atoms with Crippen molar-refractivity contribution in [3.8, 4) is 0 Å². The maximum absolute atomic E-state index is 13.5. The third-order valence-electron chi connectivity index (χ3n) is 6.53. The van der Waals surface area contributed by atoms with E-state index in [0.29, 0.717) is 43.7 Å². The lowest BCUT2D eigenvalue weighted by Crippen LogP contribution is -2.43. The number of benzene rings is 3. The number of rotatable bonds is 10. The van der Waals surface area contributed by atoms with Crippen molar-refractivity contribution in [1.82, 2.24) is 10.2 Å². The van der Waals surface area contributed by atoms with Crippen molar-refractivity contribution in [3.63, 3.8) is 0 Å². The number of hydrogen-bond donors (Lipinski definition) is 4. The second-order valence-corrected chi connectivity index (χ2v) is 11.8. The fraction of sp³-hybridized carbons (Fsp3) is 0.300. The van der Waals surface area contributed by atoms with Crippen LogP contribution in [0.4, 0.5) is 38.1 Å². The molecule has 1 fully saturated rings. The molecule has 0 unspecified atom stereocenters. The van der Waals surface area contributed by atoms with Crippen LogP contribution < -0.4 is 15.4 Å². The molecule has 4 N–H and O–H groups in total. The quantitative estimate of drug-likeness (QED) is 0.125. The van der Waals surface area contributed by atoms with E-state index in [1.54, 1.807) is 53.4 Å². The van der Waals surface area contributed by atoms with Crippen LogP contribution in [0.1, 0.15) is 35.2 Å². The first kappa shape index (κ1) is 35.9. The molecule has 0 saturated carbocycles. The second kappa shape index (κ2) is 15.6. The number of amides is 2. The van der Waals surface area contributed by atoms with Gasteiger partial charge in [-0.3, -0.25) is 14.4 Å². The van der Waals surface area contributed by atoms with Gasteiger partial charge in [0.2, 0.25) is 0 Å². The number of aliphatic carboxylic acids is 1. The molecule has 1 heterocycles. The van der Waals surface area contributed by atoms with Gasteiger partial charge in [-0.1, -0.05) is 42.5 Å². The van der Waals surface area contributed by atoms with E-state index < -0.39 is 34.1 Å². The molecule has 2 amide bonds. The van der Waals surface area contributed by atoms with Gasteiger partial charge >= 0.3 is 18.2 Å². The van der Waals surface area contributed by atoms with Crippen molar-refractivity contribution >= 4 is 39.2 Å². The minimum Gasteiger partial charge on any atom is -0.475 e. The predicted molar refractivity (Wildman–Crippen MR) is 160 cm³/mol. The molecule has 0 spiro atoms. The van der Waals surface area contributed by atoms with Crippen molar-refractivity contribution in [1.29, 1.82) is 0 Å². The zero-order chi connectivity index (χ0) is 34.0. The lowest BCUT2D eigenvalue weighted by molar-refractivity contribution is -0.192. The molecule has 46 heavy (non-hydrogen) atoms. The lowest BCUT2D eigenvalue weighted by atomic mass is 10.0. The number of nitrogens with zero attached hydrogens (tertiary/aromatic N) is 1. The minimum absolute atomic E-state index is 0.0474. The van der Waals surface area contributed by atoms with Gasteiger partial charge in [0.15, 0.2) is 5.78 Å². The topological polar surface area (TPSA) is 145 Å². The van der Waals surface area contributed by atoms with Crippen molar-refractivity contribution in [2.75, 3.05) is 36.2 Å². The van der Waals surface area contributed by atoms with Gasteiger partial charge in [-0.15, -0.1) is 0 Å². The Kier molecular flexibility index (Phi) is 12.2. The maximum Gasteiger partial charge on any atom is 0.490 e. The Morgan fingerprint density at radius 1 is 0.913 bits per heavy atom. The second-order valence-electron chi connectivity index (χ2n) is 10.1. The zero-order valence-corrected chi connectivity index (χ0v) is 25.0. The first-order valence-corrected chi connectivity index (χ1v) is 15.3. The third kappa shape index (κ3) is 11.1. The van der Waals surface area contributed by atoms with Gasteiger partial charge in [0.25, 0.3) is 15.9 Å². The van der Waals surface area contributed by atoms with E-state index in [1.165, 1.54) is 30.3 Å². The smallest absolute Gasteiger partial charge is 0.475 e. The van der Waals surface area contributed by atoms with Crippen LogP contribution in [0, 0.1) is 0 Å². The van der Waals surface area contributed by atoms with E-state index in [2.05, 4.69) is 15.4 Å². The Morgan fingerprint density at radius 3 is 2.13 bits per heavy atom. The van der Waals surface area contributed by atoms with E-state index in [9.17, 15) is 40.0 Å². The van der Waals surface area contributed by atoms with Crippen LogP contribution in [-0.4, -0.2) is 74.5 Å². The molecule has 248 valence electrons. The van der Waals surface area contributed by atoms with Crippen LogP contribution in [0.15, 0.2) is 83.8 Å². The largest absolute Gasteiger partial charge is 0.490 e. The van der Waals surface area contributed by atoms with E-state index in [1.807, 2.05) is 0 Å². The Balaban J connectivity index is 0.000000738. The number of alkyl halides is 5. The summed E-state index contributed by atoms with van der Waals surface area (Å²) in [6.07, 6.45) is -4.18. The molecule has 10 nitrogen and oxygen atoms in total. The molecule has 1 aliphatic rings. The van der Waals surface area contributed by atoms with E-state index >= 15 is 0 Å². The summed E-state index contributed by atoms with van der Waals surface area (Å²) in [6, 6.07) is 20.0. The van der Waals surface area contributed by atoms with Crippen molar-refractivity contribution < 1.29 is 49.9 Å². The first-order valence-electron chi connectivity index (χ1n) is 13.8. The zero-order valence-electron chi connectivity index (χ0n) is 24.2. The minimum atomic E-state index is -5.08. The van der Waals surface area contributed by atoms with Gasteiger partial charge < -0.3 is 15.7 Å².